The van der Waals surface area contributed by atoms with Gasteiger partial charge in [0.25, 0.3) is 0 Å². The molecule has 2 rings (SSSR count). The van der Waals surface area contributed by atoms with Gasteiger partial charge in [-0.2, -0.15) is 0 Å². The molecule has 5 nitrogen and oxygen atoms in total. The van der Waals surface area contributed by atoms with Gasteiger partial charge >= 0.3 is 5.97 Å². The molecular weight excluding hydrogens is 244 g/mol. The van der Waals surface area contributed by atoms with Crippen LogP contribution in [-0.2, 0) is 19.4 Å². The van der Waals surface area contributed by atoms with E-state index in [0.29, 0.717) is 6.42 Å². The van der Waals surface area contributed by atoms with Gasteiger partial charge in [0, 0.05) is 0 Å². The van der Waals surface area contributed by atoms with Crippen LogP contribution in [0.3, 0.4) is 0 Å². The minimum atomic E-state index is -3.23. The highest BCUT2D eigenvalue weighted by Gasteiger charge is 2.72. The van der Waals surface area contributed by atoms with Gasteiger partial charge in [-0.05, 0) is 25.7 Å². The molecule has 6 heteroatoms. The monoisotopic (exact) mass is 262 g/mol. The van der Waals surface area contributed by atoms with E-state index in [1.165, 1.54) is 0 Å². The maximum atomic E-state index is 12.0. The first-order valence-electron chi connectivity index (χ1n) is 5.87. The zero-order chi connectivity index (χ0) is 12.9. The standard InChI is InChI=1S/C11H18O5S/c1-3-16-9(12)11(6-8(11)2)10(13)4-5-17(14,15)7-10/h8,13H,3-7H2,1-2H3. The van der Waals surface area contributed by atoms with Crippen LogP contribution in [0.25, 0.3) is 0 Å². The van der Waals surface area contributed by atoms with Crippen molar-refractivity contribution in [3.63, 3.8) is 0 Å². The minimum absolute atomic E-state index is 0.0140. The predicted octanol–water partition coefficient (Wildman–Crippen LogP) is 0.125. The number of hydrogen-bond acceptors (Lipinski definition) is 5. The number of carbonyl (C=O) groups is 1. The predicted molar refractivity (Wildman–Crippen MR) is 61.1 cm³/mol. The van der Waals surface area contributed by atoms with Crippen molar-refractivity contribution in [1.29, 1.82) is 0 Å². The van der Waals surface area contributed by atoms with E-state index < -0.39 is 26.8 Å². The molecule has 2 fully saturated rings. The highest BCUT2D eigenvalue weighted by molar-refractivity contribution is 7.91. The zero-order valence-electron chi connectivity index (χ0n) is 10.1. The normalized spacial score (nSPS) is 43.4. The third-order valence-electron chi connectivity index (χ3n) is 4.06. The fourth-order valence-corrected chi connectivity index (χ4v) is 4.91. The van der Waals surface area contributed by atoms with Crippen LogP contribution in [0.4, 0.5) is 0 Å². The van der Waals surface area contributed by atoms with E-state index in [1.54, 1.807) is 6.92 Å². The van der Waals surface area contributed by atoms with Crippen LogP contribution in [0.1, 0.15) is 26.7 Å². The molecule has 1 saturated carbocycles. The Morgan fingerprint density at radius 2 is 2.12 bits per heavy atom. The lowest BCUT2D eigenvalue weighted by Gasteiger charge is -2.30. The molecule has 98 valence electrons. The molecule has 1 N–H and O–H groups in total. The molecule has 0 aromatic heterocycles. The molecular formula is C11H18O5S. The van der Waals surface area contributed by atoms with Crippen LogP contribution >= 0.6 is 0 Å². The summed E-state index contributed by atoms with van der Waals surface area (Å²) in [5, 5.41) is 10.5. The molecule has 2 aliphatic rings. The quantitative estimate of drug-likeness (QED) is 0.731. The Bertz CT molecular complexity index is 443. The second-order valence-electron chi connectivity index (χ2n) is 5.17. The zero-order valence-corrected chi connectivity index (χ0v) is 10.9. The lowest BCUT2D eigenvalue weighted by Crippen LogP contribution is -2.47. The average Bonchev–Trinajstić information content (AvgIpc) is 2.81. The summed E-state index contributed by atoms with van der Waals surface area (Å²) < 4.78 is 28.0. The first-order chi connectivity index (χ1) is 7.77. The molecule has 0 aromatic rings. The number of esters is 1. The van der Waals surface area contributed by atoms with Crippen molar-refractivity contribution < 1.29 is 23.1 Å². The van der Waals surface area contributed by atoms with Crippen molar-refractivity contribution in [2.75, 3.05) is 18.1 Å². The van der Waals surface area contributed by atoms with Crippen molar-refractivity contribution in [3.05, 3.63) is 0 Å². The van der Waals surface area contributed by atoms with E-state index in [4.69, 9.17) is 4.74 Å². The van der Waals surface area contributed by atoms with E-state index in [1.807, 2.05) is 6.92 Å². The first-order valence-corrected chi connectivity index (χ1v) is 7.69. The van der Waals surface area contributed by atoms with Gasteiger partial charge in [0.15, 0.2) is 9.84 Å². The summed E-state index contributed by atoms with van der Waals surface area (Å²) in [5.74, 6) is -0.826. The molecule has 0 radical (unpaired) electrons. The van der Waals surface area contributed by atoms with Gasteiger partial charge in [-0.15, -0.1) is 0 Å². The van der Waals surface area contributed by atoms with E-state index in [9.17, 15) is 18.3 Å². The van der Waals surface area contributed by atoms with Gasteiger partial charge in [-0.25, -0.2) is 8.42 Å². The van der Waals surface area contributed by atoms with Crippen molar-refractivity contribution in [1.82, 2.24) is 0 Å². The Labute approximate surface area is 101 Å². The van der Waals surface area contributed by atoms with Crippen LogP contribution < -0.4 is 0 Å². The van der Waals surface area contributed by atoms with E-state index in [2.05, 4.69) is 0 Å². The van der Waals surface area contributed by atoms with Gasteiger partial charge in [0.2, 0.25) is 0 Å². The molecule has 17 heavy (non-hydrogen) atoms. The summed E-state index contributed by atoms with van der Waals surface area (Å²) in [6.45, 7) is 3.80. The fourth-order valence-electron chi connectivity index (χ4n) is 2.99. The van der Waals surface area contributed by atoms with Gasteiger partial charge < -0.3 is 9.84 Å². The maximum Gasteiger partial charge on any atom is 0.315 e. The number of rotatable bonds is 3. The smallest absolute Gasteiger partial charge is 0.315 e. The lowest BCUT2D eigenvalue weighted by atomic mass is 9.82. The highest BCUT2D eigenvalue weighted by Crippen LogP contribution is 2.62. The molecule has 1 heterocycles. The Hall–Kier alpha value is -0.620. The summed E-state index contributed by atoms with van der Waals surface area (Å²) in [6, 6.07) is 0. The van der Waals surface area contributed by atoms with Gasteiger partial charge in [-0.1, -0.05) is 6.92 Å². The second-order valence-corrected chi connectivity index (χ2v) is 7.35. The van der Waals surface area contributed by atoms with Crippen LogP contribution in [0.5, 0.6) is 0 Å². The largest absolute Gasteiger partial charge is 0.465 e. The number of hydrogen-bond donors (Lipinski definition) is 1. The average molecular weight is 262 g/mol. The van der Waals surface area contributed by atoms with Crippen molar-refractivity contribution >= 4 is 15.8 Å². The highest BCUT2D eigenvalue weighted by atomic mass is 32.2. The fraction of sp³-hybridized carbons (Fsp3) is 0.909. The Balaban J connectivity index is 2.29. The van der Waals surface area contributed by atoms with Gasteiger partial charge in [0.1, 0.15) is 5.41 Å². The van der Waals surface area contributed by atoms with Crippen molar-refractivity contribution in [2.45, 2.75) is 32.3 Å². The molecule has 3 unspecified atom stereocenters. The number of sulfone groups is 1. The Morgan fingerprint density at radius 3 is 2.47 bits per heavy atom. The molecule has 1 saturated heterocycles. The van der Waals surface area contributed by atoms with Gasteiger partial charge in [-0.3, -0.25) is 4.79 Å². The number of carbonyl (C=O) groups excluding carboxylic acids is 1. The maximum absolute atomic E-state index is 12.0. The summed E-state index contributed by atoms with van der Waals surface area (Å²) >= 11 is 0. The third-order valence-corrected chi connectivity index (χ3v) is 5.81. The SMILES string of the molecule is CCOC(=O)C1(C2(O)CCS(=O)(=O)C2)CC1C. The molecule has 0 bridgehead atoms. The number of aliphatic hydroxyl groups is 1. The summed E-state index contributed by atoms with van der Waals surface area (Å²) in [7, 11) is -3.23. The Morgan fingerprint density at radius 1 is 1.53 bits per heavy atom. The molecule has 3 atom stereocenters. The van der Waals surface area contributed by atoms with E-state index >= 15 is 0 Å². The van der Waals surface area contributed by atoms with E-state index in [-0.39, 0.29) is 30.5 Å². The topological polar surface area (TPSA) is 80.7 Å². The summed E-state index contributed by atoms with van der Waals surface area (Å²) in [4.78, 5) is 12.0. The first kappa shape index (κ1) is 12.8. The van der Waals surface area contributed by atoms with Crippen LogP contribution in [0.15, 0.2) is 0 Å². The lowest BCUT2D eigenvalue weighted by molar-refractivity contribution is -0.161. The van der Waals surface area contributed by atoms with E-state index in [0.717, 1.165) is 0 Å². The molecule has 0 aromatic carbocycles. The molecule has 1 aliphatic carbocycles. The Kier molecular flexibility index (Phi) is 2.78. The molecule has 1 aliphatic heterocycles. The molecule has 0 spiro atoms. The molecule has 0 amide bonds. The minimum Gasteiger partial charge on any atom is -0.465 e. The third kappa shape index (κ3) is 1.78. The number of ether oxygens (including phenoxy) is 1. The van der Waals surface area contributed by atoms with Crippen molar-refractivity contribution in [2.24, 2.45) is 11.3 Å². The second kappa shape index (κ2) is 3.68. The summed E-state index contributed by atoms with van der Waals surface area (Å²) in [6.07, 6.45) is 0.649. The van der Waals surface area contributed by atoms with Crippen LogP contribution in [0, 0.1) is 11.3 Å². The van der Waals surface area contributed by atoms with Crippen LogP contribution in [0.2, 0.25) is 0 Å². The van der Waals surface area contributed by atoms with Crippen molar-refractivity contribution in [3.8, 4) is 0 Å². The van der Waals surface area contributed by atoms with Gasteiger partial charge in [0.05, 0.1) is 23.7 Å². The van der Waals surface area contributed by atoms with Crippen LogP contribution in [-0.4, -0.2) is 43.2 Å². The summed E-state index contributed by atoms with van der Waals surface area (Å²) in [5.41, 5.74) is -2.43.